The molecule has 5 nitrogen and oxygen atoms in total. The number of anilines is 1. The van der Waals surface area contributed by atoms with Crippen molar-refractivity contribution in [1.82, 2.24) is 0 Å². The Morgan fingerprint density at radius 1 is 1.00 bits per heavy atom. The van der Waals surface area contributed by atoms with Gasteiger partial charge in [0.1, 0.15) is 0 Å². The molecule has 0 saturated heterocycles. The average Bonchev–Trinajstić information content (AvgIpc) is 2.93. The fraction of sp³-hybridized carbons (Fsp3) is 0.238. The maximum absolute atomic E-state index is 12.8. The van der Waals surface area contributed by atoms with Crippen molar-refractivity contribution in [3.05, 3.63) is 59.7 Å². The second-order valence-corrected chi connectivity index (χ2v) is 5.77. The number of benzene rings is 2. The highest BCUT2D eigenvalue weighted by Crippen LogP contribution is 2.31. The minimum absolute atomic E-state index is 0.138. The third kappa shape index (κ3) is 3.61. The zero-order valence-corrected chi connectivity index (χ0v) is 15.2. The van der Waals surface area contributed by atoms with E-state index in [0.717, 1.165) is 11.3 Å². The summed E-state index contributed by atoms with van der Waals surface area (Å²) in [6.45, 7) is 6.81. The number of carbonyl (C=O) groups excluding carboxylic acids is 1. The Kier molecular flexibility index (Phi) is 5.37. The molecule has 0 aliphatic carbocycles. The molecule has 1 amide bonds. The van der Waals surface area contributed by atoms with E-state index >= 15 is 0 Å². The molecule has 0 unspecified atom stereocenters. The first-order valence-corrected chi connectivity index (χ1v) is 8.70. The Morgan fingerprint density at radius 2 is 1.69 bits per heavy atom. The molecule has 0 saturated carbocycles. The molecule has 0 atom stereocenters. The molecule has 0 radical (unpaired) electrons. The van der Waals surface area contributed by atoms with Gasteiger partial charge in [0.25, 0.3) is 5.91 Å². The maximum atomic E-state index is 12.8. The zero-order chi connectivity index (χ0) is 18.5. The van der Waals surface area contributed by atoms with Gasteiger partial charge in [0.05, 0.1) is 30.2 Å². The van der Waals surface area contributed by atoms with E-state index in [2.05, 4.69) is 5.10 Å². The van der Waals surface area contributed by atoms with Gasteiger partial charge in [-0.2, -0.15) is 10.1 Å². The fourth-order valence-corrected chi connectivity index (χ4v) is 2.75. The Balaban J connectivity index is 1.91. The van der Waals surface area contributed by atoms with Crippen LogP contribution in [0.2, 0.25) is 0 Å². The first-order valence-electron chi connectivity index (χ1n) is 8.70. The van der Waals surface area contributed by atoms with Gasteiger partial charge >= 0.3 is 0 Å². The van der Waals surface area contributed by atoms with Gasteiger partial charge in [-0.1, -0.05) is 24.3 Å². The van der Waals surface area contributed by atoms with Crippen molar-refractivity contribution in [3.8, 4) is 11.5 Å². The molecule has 0 spiro atoms. The molecule has 1 aliphatic heterocycles. The smallest absolute Gasteiger partial charge is 0.280 e. The summed E-state index contributed by atoms with van der Waals surface area (Å²) in [7, 11) is 0. The standard InChI is InChI=1S/C21H22N2O3/c1-4-25-19-12-11-16(14-20(19)26-5-2)13-18-15(3)22-23(21(18)24)17-9-7-6-8-10-17/h6-14H,4-5H2,1-3H3. The predicted molar refractivity (Wildman–Crippen MR) is 104 cm³/mol. The molecule has 5 heteroatoms. The van der Waals surface area contributed by atoms with E-state index in [0.29, 0.717) is 36.0 Å². The van der Waals surface area contributed by atoms with E-state index in [-0.39, 0.29) is 5.91 Å². The molecule has 0 N–H and O–H groups in total. The molecule has 26 heavy (non-hydrogen) atoms. The minimum atomic E-state index is -0.138. The third-order valence-electron chi connectivity index (χ3n) is 3.94. The van der Waals surface area contributed by atoms with Gasteiger partial charge in [-0.3, -0.25) is 4.79 Å². The average molecular weight is 350 g/mol. The van der Waals surface area contributed by atoms with Crippen LogP contribution in [-0.2, 0) is 4.79 Å². The Bertz CT molecular complexity index is 857. The largest absolute Gasteiger partial charge is 0.490 e. The molecule has 0 aromatic heterocycles. The van der Waals surface area contributed by atoms with Gasteiger partial charge in [0.15, 0.2) is 11.5 Å². The first-order chi connectivity index (χ1) is 12.6. The molecule has 0 bridgehead atoms. The van der Waals surface area contributed by atoms with Gasteiger partial charge in [0.2, 0.25) is 0 Å². The van der Waals surface area contributed by atoms with E-state index in [1.807, 2.05) is 75.4 Å². The zero-order valence-electron chi connectivity index (χ0n) is 15.2. The number of hydrazone groups is 1. The van der Waals surface area contributed by atoms with Crippen molar-refractivity contribution >= 4 is 23.4 Å². The van der Waals surface area contributed by atoms with Crippen molar-refractivity contribution in [3.63, 3.8) is 0 Å². The molecule has 1 heterocycles. The summed E-state index contributed by atoms with van der Waals surface area (Å²) in [5, 5.41) is 5.83. The van der Waals surface area contributed by atoms with Gasteiger partial charge in [-0.25, -0.2) is 0 Å². The lowest BCUT2D eigenvalue weighted by Gasteiger charge is -2.12. The van der Waals surface area contributed by atoms with Crippen molar-refractivity contribution in [2.45, 2.75) is 20.8 Å². The van der Waals surface area contributed by atoms with Gasteiger partial charge in [-0.15, -0.1) is 0 Å². The van der Waals surface area contributed by atoms with E-state index in [1.54, 1.807) is 0 Å². The SMILES string of the molecule is CCOc1ccc(C=C2C(=O)N(c3ccccc3)N=C2C)cc1OCC. The number of para-hydroxylation sites is 1. The Hall–Kier alpha value is -3.08. The number of carbonyl (C=O) groups is 1. The van der Waals surface area contributed by atoms with Crippen LogP contribution < -0.4 is 14.5 Å². The van der Waals surface area contributed by atoms with Gasteiger partial charge in [0, 0.05) is 0 Å². The fourth-order valence-electron chi connectivity index (χ4n) is 2.75. The summed E-state index contributed by atoms with van der Waals surface area (Å²) in [5.74, 6) is 1.23. The second kappa shape index (κ2) is 7.87. The maximum Gasteiger partial charge on any atom is 0.280 e. The molecule has 0 fully saturated rings. The molecule has 2 aromatic carbocycles. The highest BCUT2D eigenvalue weighted by molar-refractivity contribution is 6.32. The Labute approximate surface area is 153 Å². The van der Waals surface area contributed by atoms with Crippen molar-refractivity contribution in [2.24, 2.45) is 5.10 Å². The van der Waals surface area contributed by atoms with E-state index in [1.165, 1.54) is 5.01 Å². The summed E-state index contributed by atoms with van der Waals surface area (Å²) in [4.78, 5) is 12.8. The lowest BCUT2D eigenvalue weighted by atomic mass is 10.1. The molecule has 134 valence electrons. The van der Waals surface area contributed by atoms with Crippen LogP contribution in [0.15, 0.2) is 59.2 Å². The van der Waals surface area contributed by atoms with Gasteiger partial charge < -0.3 is 9.47 Å². The van der Waals surface area contributed by atoms with Crippen LogP contribution in [0.4, 0.5) is 5.69 Å². The summed E-state index contributed by atoms with van der Waals surface area (Å²) < 4.78 is 11.2. The molecule has 1 aliphatic rings. The van der Waals surface area contributed by atoms with Crippen LogP contribution in [0.5, 0.6) is 11.5 Å². The highest BCUT2D eigenvalue weighted by atomic mass is 16.5. The lowest BCUT2D eigenvalue weighted by Crippen LogP contribution is -2.21. The predicted octanol–water partition coefficient (Wildman–Crippen LogP) is 4.29. The van der Waals surface area contributed by atoms with E-state index in [4.69, 9.17) is 9.47 Å². The summed E-state index contributed by atoms with van der Waals surface area (Å²) in [5.41, 5.74) is 2.87. The van der Waals surface area contributed by atoms with Crippen molar-refractivity contribution < 1.29 is 14.3 Å². The number of nitrogens with zero attached hydrogens (tertiary/aromatic N) is 2. The summed E-state index contributed by atoms with van der Waals surface area (Å²) >= 11 is 0. The quantitative estimate of drug-likeness (QED) is 0.730. The van der Waals surface area contributed by atoms with Crippen molar-refractivity contribution in [2.75, 3.05) is 18.2 Å². The van der Waals surface area contributed by atoms with Crippen LogP contribution in [0, 0.1) is 0 Å². The number of amides is 1. The molecular formula is C21H22N2O3. The number of rotatable bonds is 6. The monoisotopic (exact) mass is 350 g/mol. The van der Waals surface area contributed by atoms with E-state index < -0.39 is 0 Å². The van der Waals surface area contributed by atoms with Crippen molar-refractivity contribution in [1.29, 1.82) is 0 Å². The number of ether oxygens (including phenoxy) is 2. The normalized spacial score (nSPS) is 15.3. The minimum Gasteiger partial charge on any atom is -0.490 e. The highest BCUT2D eigenvalue weighted by Gasteiger charge is 2.28. The van der Waals surface area contributed by atoms with Crippen LogP contribution in [-0.4, -0.2) is 24.8 Å². The summed E-state index contributed by atoms with van der Waals surface area (Å²) in [6, 6.07) is 15.1. The Morgan fingerprint density at radius 3 is 2.38 bits per heavy atom. The molecule has 3 rings (SSSR count). The summed E-state index contributed by atoms with van der Waals surface area (Å²) in [6.07, 6.45) is 1.84. The van der Waals surface area contributed by atoms with Crippen LogP contribution in [0.25, 0.3) is 6.08 Å². The van der Waals surface area contributed by atoms with Crippen LogP contribution in [0.3, 0.4) is 0 Å². The van der Waals surface area contributed by atoms with E-state index in [9.17, 15) is 4.79 Å². The lowest BCUT2D eigenvalue weighted by molar-refractivity contribution is -0.114. The molecule has 2 aromatic rings. The topological polar surface area (TPSA) is 51.1 Å². The second-order valence-electron chi connectivity index (χ2n) is 5.77. The van der Waals surface area contributed by atoms with Gasteiger partial charge in [-0.05, 0) is 56.7 Å². The first kappa shape index (κ1) is 17.7. The van der Waals surface area contributed by atoms with Crippen LogP contribution in [0.1, 0.15) is 26.3 Å². The number of hydrogen-bond donors (Lipinski definition) is 0. The number of hydrogen-bond acceptors (Lipinski definition) is 4. The van der Waals surface area contributed by atoms with Crippen LogP contribution >= 0.6 is 0 Å². The third-order valence-corrected chi connectivity index (χ3v) is 3.94. The molecular weight excluding hydrogens is 328 g/mol.